The Morgan fingerprint density at radius 2 is 2.28 bits per heavy atom. The fourth-order valence-electron chi connectivity index (χ4n) is 1.39. The number of halogens is 2. The second-order valence-corrected chi connectivity index (χ2v) is 3.35. The standard InChI is InChI=1S/C11H10F2N2O3/c1-2-18-9(16)4-6-3-7(10(12)13)8(5-14)11(17)15-6/h3,10H,2,4H2,1H3,(H,15,17). The number of nitrogens with one attached hydrogen (secondary N) is 1. The Bertz CT molecular complexity index is 546. The van der Waals surface area contributed by atoms with Crippen molar-refractivity contribution in [2.75, 3.05) is 6.61 Å². The zero-order valence-electron chi connectivity index (χ0n) is 9.50. The first kappa shape index (κ1) is 13.8. The second-order valence-electron chi connectivity index (χ2n) is 3.35. The van der Waals surface area contributed by atoms with Gasteiger partial charge in [-0.05, 0) is 13.0 Å². The van der Waals surface area contributed by atoms with E-state index >= 15 is 0 Å². The van der Waals surface area contributed by atoms with E-state index in [1.165, 1.54) is 6.07 Å². The second kappa shape index (κ2) is 5.91. The Balaban J connectivity index is 3.14. The number of nitrogens with zero attached hydrogens (tertiary/aromatic N) is 1. The van der Waals surface area contributed by atoms with E-state index in [0.29, 0.717) is 0 Å². The molecule has 1 N–H and O–H groups in total. The lowest BCUT2D eigenvalue weighted by Crippen LogP contribution is -2.18. The molecule has 0 amide bonds. The molecule has 0 radical (unpaired) electrons. The summed E-state index contributed by atoms with van der Waals surface area (Å²) in [6, 6.07) is 2.34. The average Bonchev–Trinajstić information content (AvgIpc) is 2.28. The fraction of sp³-hybridized carbons (Fsp3) is 0.364. The van der Waals surface area contributed by atoms with Gasteiger partial charge in [0.2, 0.25) is 0 Å². The van der Waals surface area contributed by atoms with Crippen molar-refractivity contribution in [3.05, 3.63) is 33.2 Å². The number of aromatic amines is 1. The van der Waals surface area contributed by atoms with Gasteiger partial charge < -0.3 is 9.72 Å². The maximum Gasteiger partial charge on any atom is 0.311 e. The van der Waals surface area contributed by atoms with Crippen LogP contribution in [0.4, 0.5) is 8.78 Å². The predicted octanol–water partition coefficient (Wildman–Crippen LogP) is 1.29. The van der Waals surface area contributed by atoms with E-state index in [0.717, 1.165) is 6.07 Å². The molecule has 0 aliphatic rings. The van der Waals surface area contributed by atoms with Crippen LogP contribution in [0.25, 0.3) is 0 Å². The van der Waals surface area contributed by atoms with Crippen LogP contribution in [0.2, 0.25) is 0 Å². The first-order chi connectivity index (χ1) is 8.49. The van der Waals surface area contributed by atoms with Gasteiger partial charge in [-0.2, -0.15) is 5.26 Å². The highest BCUT2D eigenvalue weighted by atomic mass is 19.3. The van der Waals surface area contributed by atoms with E-state index in [4.69, 9.17) is 5.26 Å². The first-order valence-corrected chi connectivity index (χ1v) is 5.09. The zero-order valence-corrected chi connectivity index (χ0v) is 9.50. The molecule has 0 aromatic carbocycles. The van der Waals surface area contributed by atoms with E-state index in [1.54, 1.807) is 6.92 Å². The van der Waals surface area contributed by atoms with Crippen molar-refractivity contribution in [2.45, 2.75) is 19.8 Å². The van der Waals surface area contributed by atoms with Crippen LogP contribution in [0.1, 0.15) is 30.2 Å². The molecule has 96 valence electrons. The summed E-state index contributed by atoms with van der Waals surface area (Å²) in [4.78, 5) is 24.7. The average molecular weight is 256 g/mol. The van der Waals surface area contributed by atoms with E-state index < -0.39 is 29.1 Å². The third kappa shape index (κ3) is 3.13. The molecule has 18 heavy (non-hydrogen) atoms. The molecule has 1 heterocycles. The van der Waals surface area contributed by atoms with Crippen LogP contribution < -0.4 is 5.56 Å². The van der Waals surface area contributed by atoms with E-state index in [-0.39, 0.29) is 18.7 Å². The third-order valence-electron chi connectivity index (χ3n) is 2.11. The van der Waals surface area contributed by atoms with E-state index in [9.17, 15) is 18.4 Å². The minimum Gasteiger partial charge on any atom is -0.466 e. The minimum atomic E-state index is -2.96. The number of carbonyl (C=O) groups is 1. The van der Waals surface area contributed by atoms with Gasteiger partial charge in [0.25, 0.3) is 12.0 Å². The lowest BCUT2D eigenvalue weighted by molar-refractivity contribution is -0.142. The number of aromatic nitrogens is 1. The molecular formula is C11H10F2N2O3. The Kier molecular flexibility index (Phi) is 4.54. The van der Waals surface area contributed by atoms with Gasteiger partial charge in [0.15, 0.2) is 0 Å². The number of nitriles is 1. The van der Waals surface area contributed by atoms with Crippen molar-refractivity contribution >= 4 is 5.97 Å². The zero-order chi connectivity index (χ0) is 13.7. The van der Waals surface area contributed by atoms with Gasteiger partial charge in [-0.1, -0.05) is 0 Å². The van der Waals surface area contributed by atoms with Gasteiger partial charge in [0.05, 0.1) is 13.0 Å². The predicted molar refractivity (Wildman–Crippen MR) is 57.1 cm³/mol. The lowest BCUT2D eigenvalue weighted by Gasteiger charge is -2.06. The van der Waals surface area contributed by atoms with Gasteiger partial charge >= 0.3 is 5.97 Å². The molecule has 1 aromatic rings. The molecule has 5 nitrogen and oxygen atoms in total. The number of alkyl halides is 2. The molecule has 1 rings (SSSR count). The highest BCUT2D eigenvalue weighted by molar-refractivity contribution is 5.72. The summed E-state index contributed by atoms with van der Waals surface area (Å²) in [5, 5.41) is 8.61. The maximum absolute atomic E-state index is 12.6. The van der Waals surface area contributed by atoms with E-state index in [2.05, 4.69) is 9.72 Å². The molecule has 1 aromatic heterocycles. The van der Waals surface area contributed by atoms with Crippen LogP contribution in [0.5, 0.6) is 0 Å². The van der Waals surface area contributed by atoms with Crippen molar-refractivity contribution in [3.8, 4) is 6.07 Å². The van der Waals surface area contributed by atoms with Crippen LogP contribution in [-0.2, 0) is 16.0 Å². The van der Waals surface area contributed by atoms with Crippen LogP contribution >= 0.6 is 0 Å². The van der Waals surface area contributed by atoms with Crippen LogP contribution in [0, 0.1) is 11.3 Å². The van der Waals surface area contributed by atoms with Crippen molar-refractivity contribution < 1.29 is 18.3 Å². The highest BCUT2D eigenvalue weighted by Crippen LogP contribution is 2.20. The normalized spacial score (nSPS) is 10.2. The topological polar surface area (TPSA) is 82.9 Å². The van der Waals surface area contributed by atoms with Crippen LogP contribution in [0.15, 0.2) is 10.9 Å². The fourth-order valence-corrected chi connectivity index (χ4v) is 1.39. The number of ether oxygens (including phenoxy) is 1. The van der Waals surface area contributed by atoms with Crippen molar-refractivity contribution in [1.82, 2.24) is 4.98 Å². The van der Waals surface area contributed by atoms with Gasteiger partial charge in [-0.3, -0.25) is 9.59 Å². The minimum absolute atomic E-state index is 0.00671. The molecule has 0 spiro atoms. The molecule has 0 atom stereocenters. The van der Waals surface area contributed by atoms with Gasteiger partial charge in [-0.25, -0.2) is 8.78 Å². The summed E-state index contributed by atoms with van der Waals surface area (Å²) in [6.07, 6.45) is -3.28. The van der Waals surface area contributed by atoms with Gasteiger partial charge in [-0.15, -0.1) is 0 Å². The molecule has 0 saturated heterocycles. The summed E-state index contributed by atoms with van der Waals surface area (Å²) >= 11 is 0. The smallest absolute Gasteiger partial charge is 0.311 e. The number of H-pyrrole nitrogens is 1. The molecule has 0 bridgehead atoms. The maximum atomic E-state index is 12.6. The molecule has 7 heteroatoms. The van der Waals surface area contributed by atoms with Crippen LogP contribution in [0.3, 0.4) is 0 Å². The Morgan fingerprint density at radius 1 is 1.61 bits per heavy atom. The van der Waals surface area contributed by atoms with Gasteiger partial charge in [0.1, 0.15) is 11.6 Å². The van der Waals surface area contributed by atoms with Crippen molar-refractivity contribution in [2.24, 2.45) is 0 Å². The van der Waals surface area contributed by atoms with Crippen LogP contribution in [-0.4, -0.2) is 17.6 Å². The summed E-state index contributed by atoms with van der Waals surface area (Å²) in [5.41, 5.74) is -2.26. The third-order valence-corrected chi connectivity index (χ3v) is 2.11. The molecular weight excluding hydrogens is 246 g/mol. The summed E-state index contributed by atoms with van der Waals surface area (Å²) in [7, 11) is 0. The Labute approximate surface area is 101 Å². The lowest BCUT2D eigenvalue weighted by atomic mass is 10.1. The largest absolute Gasteiger partial charge is 0.466 e. The quantitative estimate of drug-likeness (QED) is 0.823. The molecule has 0 aliphatic carbocycles. The highest BCUT2D eigenvalue weighted by Gasteiger charge is 2.18. The number of rotatable bonds is 4. The number of hydrogen-bond donors (Lipinski definition) is 1. The first-order valence-electron chi connectivity index (χ1n) is 5.09. The molecule has 0 unspecified atom stereocenters. The Hall–Kier alpha value is -2.23. The van der Waals surface area contributed by atoms with Gasteiger partial charge in [0, 0.05) is 11.3 Å². The summed E-state index contributed by atoms with van der Waals surface area (Å²) in [6.45, 7) is 1.76. The van der Waals surface area contributed by atoms with Crippen molar-refractivity contribution in [1.29, 1.82) is 5.26 Å². The number of hydrogen-bond acceptors (Lipinski definition) is 4. The monoisotopic (exact) mass is 256 g/mol. The number of pyridine rings is 1. The molecule has 0 aliphatic heterocycles. The Morgan fingerprint density at radius 3 is 2.78 bits per heavy atom. The number of carbonyl (C=O) groups excluding carboxylic acids is 1. The number of esters is 1. The van der Waals surface area contributed by atoms with E-state index in [1.807, 2.05) is 0 Å². The summed E-state index contributed by atoms with van der Waals surface area (Å²) in [5.74, 6) is -0.641. The molecule has 0 saturated carbocycles. The molecule has 0 fully saturated rings. The van der Waals surface area contributed by atoms with Crippen molar-refractivity contribution in [3.63, 3.8) is 0 Å². The summed E-state index contributed by atoms with van der Waals surface area (Å²) < 4.78 is 29.9. The SMILES string of the molecule is CCOC(=O)Cc1cc(C(F)F)c(C#N)c(=O)[nH]1.